The Morgan fingerprint density at radius 1 is 1.06 bits per heavy atom. The highest BCUT2D eigenvalue weighted by Crippen LogP contribution is 2.31. The van der Waals surface area contributed by atoms with Crippen molar-refractivity contribution in [3.8, 4) is 0 Å². The number of fused-ring (bicyclic) bond motifs is 1. The van der Waals surface area contributed by atoms with Gasteiger partial charge >= 0.3 is 0 Å². The first-order valence-electron chi connectivity index (χ1n) is 11.3. The Hall–Kier alpha value is -1.64. The quantitative estimate of drug-likeness (QED) is 0.657. The van der Waals surface area contributed by atoms with Crippen LogP contribution in [-0.4, -0.2) is 83.1 Å². The SMILES string of the molecule is O=C(Cc1ccc(Cl)c(Cl)c1)N1CCN(Cc2cocn2)C2COCC(N3CCCC3)[C@H]21. The molecule has 0 saturated carbocycles. The summed E-state index contributed by atoms with van der Waals surface area (Å²) in [5.41, 5.74) is 1.79. The highest BCUT2D eigenvalue weighted by molar-refractivity contribution is 6.42. The lowest BCUT2D eigenvalue weighted by Crippen LogP contribution is -2.71. The zero-order valence-corrected chi connectivity index (χ0v) is 19.5. The second-order valence-corrected chi connectivity index (χ2v) is 9.68. The van der Waals surface area contributed by atoms with Crippen LogP contribution in [0.25, 0.3) is 0 Å². The molecule has 5 rings (SSSR count). The van der Waals surface area contributed by atoms with E-state index in [-0.39, 0.29) is 24.0 Å². The van der Waals surface area contributed by atoms with Gasteiger partial charge in [-0.3, -0.25) is 14.6 Å². The molecule has 2 aromatic rings. The maximum absolute atomic E-state index is 13.5. The molecular formula is C23H28Cl2N4O3. The van der Waals surface area contributed by atoms with Crippen molar-refractivity contribution < 1.29 is 13.9 Å². The van der Waals surface area contributed by atoms with E-state index in [1.165, 1.54) is 19.2 Å². The predicted octanol–water partition coefficient (Wildman–Crippen LogP) is 3.10. The molecule has 1 amide bonds. The first-order valence-corrected chi connectivity index (χ1v) is 12.0. The highest BCUT2D eigenvalue weighted by atomic mass is 35.5. The Kier molecular flexibility index (Phi) is 6.71. The molecule has 1 aromatic carbocycles. The van der Waals surface area contributed by atoms with E-state index in [0.717, 1.165) is 30.9 Å². The topological polar surface area (TPSA) is 62.1 Å². The third kappa shape index (κ3) is 4.54. The van der Waals surface area contributed by atoms with Gasteiger partial charge in [-0.1, -0.05) is 29.3 Å². The van der Waals surface area contributed by atoms with Crippen LogP contribution in [0.1, 0.15) is 24.1 Å². The molecule has 0 bridgehead atoms. The van der Waals surface area contributed by atoms with E-state index in [0.29, 0.717) is 42.8 Å². The van der Waals surface area contributed by atoms with E-state index in [2.05, 4.69) is 19.7 Å². The molecule has 9 heteroatoms. The number of rotatable bonds is 5. The van der Waals surface area contributed by atoms with Crippen molar-refractivity contribution in [1.29, 1.82) is 0 Å². The largest absolute Gasteiger partial charge is 0.451 e. The van der Waals surface area contributed by atoms with Crippen molar-refractivity contribution in [3.63, 3.8) is 0 Å². The maximum Gasteiger partial charge on any atom is 0.227 e. The van der Waals surface area contributed by atoms with Crippen molar-refractivity contribution in [2.45, 2.75) is 43.9 Å². The van der Waals surface area contributed by atoms with E-state index in [1.54, 1.807) is 18.4 Å². The molecular weight excluding hydrogens is 451 g/mol. The third-order valence-electron chi connectivity index (χ3n) is 6.94. The standard InChI is InChI=1S/C23H28Cl2N4O3/c24-18-4-3-16(9-19(18)25)10-22(30)29-8-7-28(11-17-12-32-15-26-17)21-14-31-13-20(23(21)29)27-5-1-2-6-27/h3-4,9,12,15,20-21,23H,1-2,5-8,10-11,13-14H2/t20?,21?,23-/m1/s1. The molecule has 3 saturated heterocycles. The predicted molar refractivity (Wildman–Crippen MR) is 122 cm³/mol. The number of carbonyl (C=O) groups excluding carboxylic acids is 1. The van der Waals surface area contributed by atoms with Crippen molar-refractivity contribution in [2.75, 3.05) is 39.4 Å². The minimum atomic E-state index is 0.0813. The van der Waals surface area contributed by atoms with Crippen LogP contribution in [0.5, 0.6) is 0 Å². The number of likely N-dealkylation sites (tertiary alicyclic amines) is 1. The summed E-state index contributed by atoms with van der Waals surface area (Å²) in [5.74, 6) is 0.130. The van der Waals surface area contributed by atoms with Crippen LogP contribution in [-0.2, 0) is 22.5 Å². The van der Waals surface area contributed by atoms with Gasteiger partial charge in [0.2, 0.25) is 5.91 Å². The highest BCUT2D eigenvalue weighted by Gasteiger charge is 2.47. The van der Waals surface area contributed by atoms with Gasteiger partial charge in [0, 0.05) is 19.6 Å². The van der Waals surface area contributed by atoms with Gasteiger partial charge in [-0.25, -0.2) is 4.98 Å². The summed E-state index contributed by atoms with van der Waals surface area (Å²) in [6.45, 7) is 5.56. The fourth-order valence-electron chi connectivity index (χ4n) is 5.38. The number of nitrogens with zero attached hydrogens (tertiary/aromatic N) is 4. The molecule has 0 aliphatic carbocycles. The second-order valence-electron chi connectivity index (χ2n) is 8.87. The fraction of sp³-hybridized carbons (Fsp3) is 0.565. The summed E-state index contributed by atoms with van der Waals surface area (Å²) in [5, 5.41) is 0.983. The molecule has 3 aliphatic heterocycles. The summed E-state index contributed by atoms with van der Waals surface area (Å²) < 4.78 is 11.3. The first kappa shape index (κ1) is 22.2. The Morgan fingerprint density at radius 3 is 2.62 bits per heavy atom. The van der Waals surface area contributed by atoms with E-state index in [9.17, 15) is 4.79 Å². The molecule has 172 valence electrons. The number of oxazole rings is 1. The minimum Gasteiger partial charge on any atom is -0.451 e. The summed E-state index contributed by atoms with van der Waals surface area (Å²) in [6.07, 6.45) is 5.88. The monoisotopic (exact) mass is 478 g/mol. The molecule has 4 heterocycles. The molecule has 0 N–H and O–H groups in total. The zero-order valence-electron chi connectivity index (χ0n) is 18.0. The molecule has 3 atom stereocenters. The number of piperazine rings is 1. The van der Waals surface area contributed by atoms with Crippen LogP contribution in [0.3, 0.4) is 0 Å². The van der Waals surface area contributed by atoms with Crippen LogP contribution >= 0.6 is 23.2 Å². The number of hydrogen-bond donors (Lipinski definition) is 0. The summed E-state index contributed by atoms with van der Waals surface area (Å²) >= 11 is 12.2. The summed E-state index contributed by atoms with van der Waals surface area (Å²) in [4.78, 5) is 24.9. The Bertz CT molecular complexity index is 935. The fourth-order valence-corrected chi connectivity index (χ4v) is 5.70. The molecule has 32 heavy (non-hydrogen) atoms. The second kappa shape index (κ2) is 9.69. The number of carbonyl (C=O) groups is 1. The van der Waals surface area contributed by atoms with Crippen molar-refractivity contribution in [1.82, 2.24) is 19.7 Å². The van der Waals surface area contributed by atoms with E-state index in [4.69, 9.17) is 32.4 Å². The summed E-state index contributed by atoms with van der Waals surface area (Å²) in [7, 11) is 0. The smallest absolute Gasteiger partial charge is 0.227 e. The van der Waals surface area contributed by atoms with Crippen LogP contribution in [0.2, 0.25) is 10.0 Å². The van der Waals surface area contributed by atoms with Gasteiger partial charge in [0.05, 0.1) is 53.5 Å². The van der Waals surface area contributed by atoms with Crippen molar-refractivity contribution in [2.24, 2.45) is 0 Å². The first-order chi connectivity index (χ1) is 15.6. The van der Waals surface area contributed by atoms with Crippen molar-refractivity contribution in [3.05, 3.63) is 52.2 Å². The molecule has 2 unspecified atom stereocenters. The number of amides is 1. The van der Waals surface area contributed by atoms with Crippen LogP contribution in [0.4, 0.5) is 0 Å². The lowest BCUT2D eigenvalue weighted by atomic mass is 9.90. The Labute approximate surface area is 198 Å². The lowest BCUT2D eigenvalue weighted by Gasteiger charge is -2.54. The van der Waals surface area contributed by atoms with E-state index >= 15 is 0 Å². The van der Waals surface area contributed by atoms with Gasteiger partial charge < -0.3 is 14.1 Å². The molecule has 0 spiro atoms. The number of benzene rings is 1. The molecule has 1 aromatic heterocycles. The molecule has 3 fully saturated rings. The van der Waals surface area contributed by atoms with Gasteiger partial charge in [-0.15, -0.1) is 0 Å². The number of hydrogen-bond acceptors (Lipinski definition) is 6. The third-order valence-corrected chi connectivity index (χ3v) is 7.68. The van der Waals surface area contributed by atoms with Crippen LogP contribution in [0.15, 0.2) is 35.3 Å². The van der Waals surface area contributed by atoms with E-state index in [1.807, 2.05) is 6.07 Å². The van der Waals surface area contributed by atoms with Gasteiger partial charge in [-0.2, -0.15) is 0 Å². The van der Waals surface area contributed by atoms with Gasteiger partial charge in [0.15, 0.2) is 6.39 Å². The van der Waals surface area contributed by atoms with Gasteiger partial charge in [0.25, 0.3) is 0 Å². The number of halogens is 2. The van der Waals surface area contributed by atoms with Gasteiger partial charge in [0.1, 0.15) is 6.26 Å². The summed E-state index contributed by atoms with van der Waals surface area (Å²) in [6, 6.07) is 5.84. The number of ether oxygens (including phenoxy) is 1. The number of aromatic nitrogens is 1. The average Bonchev–Trinajstić information content (AvgIpc) is 3.50. The minimum absolute atomic E-state index is 0.0813. The Morgan fingerprint density at radius 2 is 1.88 bits per heavy atom. The molecule has 7 nitrogen and oxygen atoms in total. The van der Waals surface area contributed by atoms with Crippen LogP contribution in [0, 0.1) is 0 Å². The average molecular weight is 479 g/mol. The Balaban J connectivity index is 1.39. The molecule has 0 radical (unpaired) electrons. The molecule has 3 aliphatic rings. The lowest BCUT2D eigenvalue weighted by molar-refractivity contribution is -0.153. The maximum atomic E-state index is 13.5. The van der Waals surface area contributed by atoms with Crippen molar-refractivity contribution >= 4 is 29.1 Å². The van der Waals surface area contributed by atoms with Crippen LogP contribution < -0.4 is 0 Å². The van der Waals surface area contributed by atoms with E-state index < -0.39 is 0 Å². The zero-order chi connectivity index (χ0) is 22.1. The van der Waals surface area contributed by atoms with Gasteiger partial charge in [-0.05, 0) is 43.6 Å². The normalized spacial score (nSPS) is 26.9.